The number of pyridine rings is 1. The maximum Gasteiger partial charge on any atom is 0.146 e. The van der Waals surface area contributed by atoms with Crippen molar-refractivity contribution in [1.29, 1.82) is 0 Å². The summed E-state index contributed by atoms with van der Waals surface area (Å²) in [5.74, 6) is 0. The van der Waals surface area contributed by atoms with Gasteiger partial charge in [0.15, 0.2) is 0 Å². The van der Waals surface area contributed by atoms with Crippen LogP contribution >= 0.6 is 0 Å². The molecule has 1 N–H and O–H groups in total. The monoisotopic (exact) mass is 193 g/mol. The zero-order valence-electron chi connectivity index (χ0n) is 8.77. The van der Waals surface area contributed by atoms with Gasteiger partial charge in [-0.15, -0.1) is 0 Å². The molecule has 1 fully saturated rings. The molecule has 1 aliphatic heterocycles. The second kappa shape index (κ2) is 3.33. The Labute approximate surface area is 84.6 Å². The van der Waals surface area contributed by atoms with Gasteiger partial charge in [-0.2, -0.15) is 4.65 Å². The molecule has 2 atom stereocenters. The van der Waals surface area contributed by atoms with Crippen LogP contribution in [0.3, 0.4) is 0 Å². The minimum Gasteiger partial charge on any atom is -0.264 e. The summed E-state index contributed by atoms with van der Waals surface area (Å²) in [6.07, 6.45) is 5.86. The Kier molecular flexibility index (Phi) is 2.29. The molecule has 0 spiro atoms. The van der Waals surface area contributed by atoms with E-state index < -0.39 is 0 Å². The number of likely N-dealkylation sites (tertiary alicyclic amines) is 1. The van der Waals surface area contributed by atoms with Crippen LogP contribution in [0, 0.1) is 6.92 Å². The van der Waals surface area contributed by atoms with E-state index in [2.05, 4.69) is 11.1 Å². The van der Waals surface area contributed by atoms with Crippen molar-refractivity contribution in [2.45, 2.75) is 25.8 Å². The molecule has 14 heavy (non-hydrogen) atoms. The molecule has 2 heterocycles. The van der Waals surface area contributed by atoms with Crippen LogP contribution in [0.1, 0.15) is 30.0 Å². The van der Waals surface area contributed by atoms with Gasteiger partial charge in [0.25, 0.3) is 0 Å². The van der Waals surface area contributed by atoms with E-state index in [-0.39, 0.29) is 10.7 Å². The average molecular weight is 193 g/mol. The molecule has 2 rings (SSSR count). The maximum absolute atomic E-state index is 10.1. The fraction of sp³-hybridized carbons (Fsp3) is 0.545. The molecule has 0 aliphatic carbocycles. The van der Waals surface area contributed by atoms with Gasteiger partial charge in [-0.25, -0.2) is 5.21 Å². The third-order valence-electron chi connectivity index (χ3n) is 3.04. The van der Waals surface area contributed by atoms with Gasteiger partial charge in [0.05, 0.1) is 7.05 Å². The number of hydrogen-bond acceptors (Lipinski definition) is 2. The van der Waals surface area contributed by atoms with Gasteiger partial charge in [-0.3, -0.25) is 4.98 Å². The van der Waals surface area contributed by atoms with E-state index in [1.165, 1.54) is 0 Å². The first-order valence-electron chi connectivity index (χ1n) is 5.09. The first-order valence-corrected chi connectivity index (χ1v) is 5.09. The second-order valence-electron chi connectivity index (χ2n) is 4.39. The predicted octanol–water partition coefficient (Wildman–Crippen LogP) is 2.06. The van der Waals surface area contributed by atoms with E-state index in [0.717, 1.165) is 30.5 Å². The highest BCUT2D eigenvalue weighted by Gasteiger charge is 2.38. The van der Waals surface area contributed by atoms with Gasteiger partial charge in [-0.05, 0) is 18.6 Å². The van der Waals surface area contributed by atoms with E-state index in [4.69, 9.17) is 0 Å². The number of rotatable bonds is 1. The Morgan fingerprint density at radius 1 is 1.50 bits per heavy atom. The molecule has 0 radical (unpaired) electrons. The van der Waals surface area contributed by atoms with Crippen LogP contribution in [0.15, 0.2) is 18.5 Å². The lowest BCUT2D eigenvalue weighted by Gasteiger charge is -2.27. The molecule has 0 amide bonds. The van der Waals surface area contributed by atoms with Gasteiger partial charge < -0.3 is 0 Å². The molecule has 1 saturated heterocycles. The third-order valence-corrected chi connectivity index (χ3v) is 3.04. The van der Waals surface area contributed by atoms with Crippen LogP contribution < -0.4 is 0 Å². The molecule has 1 aliphatic rings. The summed E-state index contributed by atoms with van der Waals surface area (Å²) in [6, 6.07) is 2.33. The van der Waals surface area contributed by atoms with E-state index >= 15 is 0 Å². The lowest BCUT2D eigenvalue weighted by molar-refractivity contribution is -1.10. The molecular formula is C11H17N2O+. The highest BCUT2D eigenvalue weighted by Crippen LogP contribution is 2.35. The molecule has 1 unspecified atom stereocenters. The van der Waals surface area contributed by atoms with Gasteiger partial charge in [0, 0.05) is 30.8 Å². The van der Waals surface area contributed by atoms with Crippen molar-refractivity contribution in [3.05, 3.63) is 29.6 Å². The molecule has 1 aromatic heterocycles. The van der Waals surface area contributed by atoms with Crippen molar-refractivity contribution in [2.24, 2.45) is 0 Å². The Morgan fingerprint density at radius 3 is 2.86 bits per heavy atom. The zero-order chi connectivity index (χ0) is 10.2. The van der Waals surface area contributed by atoms with Crippen molar-refractivity contribution in [2.75, 3.05) is 13.6 Å². The summed E-state index contributed by atoms with van der Waals surface area (Å²) in [6.45, 7) is 2.88. The summed E-state index contributed by atoms with van der Waals surface area (Å²) in [7, 11) is 1.88. The number of hydroxylamine groups is 3. The normalized spacial score (nSPS) is 32.1. The molecule has 0 saturated carbocycles. The first kappa shape index (κ1) is 9.62. The molecule has 0 aromatic carbocycles. The van der Waals surface area contributed by atoms with Crippen LogP contribution in [0.25, 0.3) is 0 Å². The summed E-state index contributed by atoms with van der Waals surface area (Å²) < 4.78 is 0.116. The Morgan fingerprint density at radius 2 is 2.29 bits per heavy atom. The molecule has 3 heteroatoms. The lowest BCUT2D eigenvalue weighted by atomic mass is 10.1. The topological polar surface area (TPSA) is 33.1 Å². The van der Waals surface area contributed by atoms with Crippen LogP contribution in [-0.4, -0.2) is 28.4 Å². The minimum absolute atomic E-state index is 0.116. The molecule has 76 valence electrons. The number of aryl methyl sites for hydroxylation is 1. The summed E-state index contributed by atoms with van der Waals surface area (Å²) in [5.41, 5.74) is 2.32. The smallest absolute Gasteiger partial charge is 0.146 e. The zero-order valence-corrected chi connectivity index (χ0v) is 8.77. The average Bonchev–Trinajstić information content (AvgIpc) is 2.45. The predicted molar refractivity (Wildman–Crippen MR) is 53.8 cm³/mol. The van der Waals surface area contributed by atoms with Gasteiger partial charge in [-0.1, -0.05) is 0 Å². The van der Waals surface area contributed by atoms with Crippen LogP contribution in [0.5, 0.6) is 0 Å². The molecule has 3 nitrogen and oxygen atoms in total. The molecule has 0 bridgehead atoms. The van der Waals surface area contributed by atoms with Crippen molar-refractivity contribution < 1.29 is 9.85 Å². The van der Waals surface area contributed by atoms with Crippen molar-refractivity contribution >= 4 is 0 Å². The van der Waals surface area contributed by atoms with Gasteiger partial charge in [0.1, 0.15) is 12.6 Å². The Bertz CT molecular complexity index is 336. The lowest BCUT2D eigenvalue weighted by Crippen LogP contribution is -2.39. The number of aromatic nitrogens is 1. The second-order valence-corrected chi connectivity index (χ2v) is 4.39. The van der Waals surface area contributed by atoms with Crippen molar-refractivity contribution in [3.8, 4) is 0 Å². The highest BCUT2D eigenvalue weighted by molar-refractivity contribution is 5.19. The fourth-order valence-corrected chi connectivity index (χ4v) is 2.29. The number of hydrogen-bond donors (Lipinski definition) is 1. The standard InChI is InChI=1S/C11H17N2O/c1-9-6-10(8-12-7-9)11-4-3-5-13(11,2)14/h6-8,11,14H,3-5H2,1-2H3/q+1/t11-,13?/m0/s1. The SMILES string of the molecule is Cc1cncc([C@@H]2CCC[N+]2(C)O)c1. The molecular weight excluding hydrogens is 176 g/mol. The van der Waals surface area contributed by atoms with Crippen molar-refractivity contribution in [1.82, 2.24) is 4.98 Å². The van der Waals surface area contributed by atoms with E-state index in [0.29, 0.717) is 0 Å². The summed E-state index contributed by atoms with van der Waals surface area (Å²) in [5, 5.41) is 10.1. The first-order chi connectivity index (χ1) is 6.59. The summed E-state index contributed by atoms with van der Waals surface area (Å²) in [4.78, 5) is 4.17. The Hall–Kier alpha value is -0.930. The van der Waals surface area contributed by atoms with E-state index in [1.54, 1.807) is 0 Å². The fourth-order valence-electron chi connectivity index (χ4n) is 2.29. The van der Waals surface area contributed by atoms with E-state index in [1.807, 2.05) is 26.4 Å². The third kappa shape index (κ3) is 1.65. The van der Waals surface area contributed by atoms with Crippen LogP contribution in [0.2, 0.25) is 0 Å². The van der Waals surface area contributed by atoms with Crippen LogP contribution in [-0.2, 0) is 0 Å². The Balaban J connectivity index is 2.31. The maximum atomic E-state index is 10.1. The quantitative estimate of drug-likeness (QED) is 0.692. The minimum atomic E-state index is 0.116. The number of quaternary nitrogens is 1. The van der Waals surface area contributed by atoms with Crippen LogP contribution in [0.4, 0.5) is 0 Å². The molecule has 1 aromatic rings. The highest BCUT2D eigenvalue weighted by atomic mass is 16.5. The largest absolute Gasteiger partial charge is 0.264 e. The van der Waals surface area contributed by atoms with Gasteiger partial charge in [0.2, 0.25) is 0 Å². The number of nitrogens with zero attached hydrogens (tertiary/aromatic N) is 2. The van der Waals surface area contributed by atoms with Gasteiger partial charge >= 0.3 is 0 Å². The van der Waals surface area contributed by atoms with E-state index in [9.17, 15) is 5.21 Å². The summed E-state index contributed by atoms with van der Waals surface area (Å²) >= 11 is 0. The van der Waals surface area contributed by atoms with Crippen molar-refractivity contribution in [3.63, 3.8) is 0 Å².